The van der Waals surface area contributed by atoms with Crippen LogP contribution in [0.15, 0.2) is 72.8 Å². The number of nitrogens with zero attached hydrogens (tertiary/aromatic N) is 2. The molecule has 3 aromatic carbocycles. The van der Waals surface area contributed by atoms with Gasteiger partial charge in [0.2, 0.25) is 5.91 Å². The molecule has 7 rings (SSSR count). The van der Waals surface area contributed by atoms with Gasteiger partial charge in [-0.3, -0.25) is 9.69 Å². The molecule has 3 aromatic rings. The topological polar surface area (TPSA) is 53.0 Å². The van der Waals surface area contributed by atoms with E-state index in [1.807, 2.05) is 36.2 Å². The Bertz CT molecular complexity index is 1520. The first-order valence-corrected chi connectivity index (χ1v) is 15.1. The van der Waals surface area contributed by atoms with Gasteiger partial charge in [-0.05, 0) is 79.8 Å². The maximum atomic E-state index is 13.5. The van der Waals surface area contributed by atoms with Crippen LogP contribution < -0.4 is 4.74 Å². The van der Waals surface area contributed by atoms with E-state index in [-0.39, 0.29) is 34.6 Å². The van der Waals surface area contributed by atoms with Crippen LogP contribution in [0.25, 0.3) is 6.08 Å². The normalized spacial score (nSPS) is 29.7. The molecule has 1 saturated carbocycles. The van der Waals surface area contributed by atoms with E-state index in [0.29, 0.717) is 11.8 Å². The van der Waals surface area contributed by atoms with Gasteiger partial charge in [-0.1, -0.05) is 73.2 Å². The summed E-state index contributed by atoms with van der Waals surface area (Å²) in [5, 5.41) is 11.0. The highest BCUT2D eigenvalue weighted by Gasteiger charge is 2.71. The molecular formula is C36H40N2O3. The van der Waals surface area contributed by atoms with E-state index in [9.17, 15) is 9.90 Å². The summed E-state index contributed by atoms with van der Waals surface area (Å²) in [4.78, 5) is 18.2. The van der Waals surface area contributed by atoms with Crippen LogP contribution >= 0.6 is 0 Å². The number of hydrogen-bond acceptors (Lipinski definition) is 4. The molecule has 0 radical (unpaired) electrons. The van der Waals surface area contributed by atoms with E-state index >= 15 is 0 Å². The molecule has 0 unspecified atom stereocenters. The van der Waals surface area contributed by atoms with Gasteiger partial charge in [0.25, 0.3) is 0 Å². The number of phenols is 1. The third kappa shape index (κ3) is 3.96. The monoisotopic (exact) mass is 548 g/mol. The van der Waals surface area contributed by atoms with Crippen LogP contribution in [0.5, 0.6) is 11.5 Å². The van der Waals surface area contributed by atoms with Crippen LogP contribution in [-0.2, 0) is 23.1 Å². The van der Waals surface area contributed by atoms with E-state index in [1.165, 1.54) is 22.3 Å². The van der Waals surface area contributed by atoms with Crippen molar-refractivity contribution in [1.29, 1.82) is 0 Å². The van der Waals surface area contributed by atoms with Crippen LogP contribution in [-0.4, -0.2) is 59.1 Å². The second-order valence-electron chi connectivity index (χ2n) is 12.9. The number of rotatable bonds is 6. The van der Waals surface area contributed by atoms with Crippen LogP contribution in [0.1, 0.15) is 54.0 Å². The number of phenolic OH excluding ortho intramolecular Hbond substituents is 1. The number of amides is 1. The molecule has 1 amide bonds. The minimum atomic E-state index is -0.222. The van der Waals surface area contributed by atoms with E-state index < -0.39 is 0 Å². The zero-order valence-electron chi connectivity index (χ0n) is 24.3. The Kier molecular flexibility index (Phi) is 6.27. The van der Waals surface area contributed by atoms with Crippen molar-refractivity contribution < 1.29 is 14.6 Å². The SMILES string of the molecule is Cc1cccc(C=CC(=O)N(C)[C@@H]2CC[C@@]3(C)[C@H]4Cc5ccc(O)c6c5[C@@]3(CCN4CCc3ccccc3)[C@H]2O6)c1. The third-order valence-corrected chi connectivity index (χ3v) is 10.9. The van der Waals surface area contributed by atoms with Crippen LogP contribution in [0.2, 0.25) is 0 Å². The van der Waals surface area contributed by atoms with Gasteiger partial charge < -0.3 is 14.7 Å². The Labute approximate surface area is 243 Å². The molecule has 0 aromatic heterocycles. The van der Waals surface area contributed by atoms with Gasteiger partial charge in [-0.2, -0.15) is 0 Å². The Morgan fingerprint density at radius 1 is 1.12 bits per heavy atom. The van der Waals surface area contributed by atoms with Gasteiger partial charge >= 0.3 is 0 Å². The largest absolute Gasteiger partial charge is 0.504 e. The predicted octanol–water partition coefficient (Wildman–Crippen LogP) is 5.91. The van der Waals surface area contributed by atoms with Crippen molar-refractivity contribution in [3.05, 3.63) is 101 Å². The van der Waals surface area contributed by atoms with Crippen molar-refractivity contribution in [3.8, 4) is 11.5 Å². The maximum absolute atomic E-state index is 13.5. The molecule has 41 heavy (non-hydrogen) atoms. The number of aryl methyl sites for hydroxylation is 1. The minimum absolute atomic E-state index is 0.00353. The standard InChI is InChI=1S/C36H40N2O3/c1-24-8-7-11-26(22-24)12-15-31(40)37(3)28-16-18-35(2)30-23-27-13-14-29(39)33-32(27)36(35,34(28)41-33)19-21-38(30)20-17-25-9-5-4-6-10-25/h4-15,22,28,30,34,39H,16-21,23H2,1-3H3/t28-,30-,34+,35+,36+/m1/s1. The highest BCUT2D eigenvalue weighted by molar-refractivity contribution is 5.92. The number of ether oxygens (including phenoxy) is 1. The first-order valence-electron chi connectivity index (χ1n) is 15.1. The fourth-order valence-corrected chi connectivity index (χ4v) is 8.86. The third-order valence-electron chi connectivity index (χ3n) is 10.9. The zero-order chi connectivity index (χ0) is 28.4. The summed E-state index contributed by atoms with van der Waals surface area (Å²) in [6.45, 7) is 6.57. The molecule has 1 N–H and O–H groups in total. The molecule has 1 spiro atoms. The Morgan fingerprint density at radius 3 is 2.76 bits per heavy atom. The maximum Gasteiger partial charge on any atom is 0.246 e. The number of benzene rings is 3. The molecule has 1 saturated heterocycles. The molecular weight excluding hydrogens is 508 g/mol. The lowest BCUT2D eigenvalue weighted by molar-refractivity contribution is -0.150. The average Bonchev–Trinajstić information content (AvgIpc) is 3.33. The van der Waals surface area contributed by atoms with Gasteiger partial charge in [0.1, 0.15) is 6.10 Å². The van der Waals surface area contributed by atoms with Crippen molar-refractivity contribution in [2.75, 3.05) is 20.1 Å². The predicted molar refractivity (Wildman–Crippen MR) is 162 cm³/mol. The molecule has 5 heteroatoms. The molecule has 2 bridgehead atoms. The van der Waals surface area contributed by atoms with Gasteiger partial charge in [0.05, 0.1) is 6.04 Å². The lowest BCUT2D eigenvalue weighted by Gasteiger charge is -2.66. The summed E-state index contributed by atoms with van der Waals surface area (Å²) in [5.41, 5.74) is 5.89. The van der Waals surface area contributed by atoms with Crippen molar-refractivity contribution in [2.24, 2.45) is 5.41 Å². The van der Waals surface area contributed by atoms with Gasteiger partial charge in [-0.15, -0.1) is 0 Å². The summed E-state index contributed by atoms with van der Waals surface area (Å²) in [7, 11) is 1.93. The van der Waals surface area contributed by atoms with E-state index in [1.54, 1.807) is 6.08 Å². The summed E-state index contributed by atoms with van der Waals surface area (Å²) in [6.07, 6.45) is 8.33. The van der Waals surface area contributed by atoms with Crippen LogP contribution in [0.3, 0.4) is 0 Å². The summed E-state index contributed by atoms with van der Waals surface area (Å²) in [6, 6.07) is 23.3. The number of aromatic hydroxyl groups is 1. The fourth-order valence-electron chi connectivity index (χ4n) is 8.86. The molecule has 212 valence electrons. The first kappa shape index (κ1) is 26.3. The quantitative estimate of drug-likeness (QED) is 0.389. The van der Waals surface area contributed by atoms with Crippen LogP contribution in [0, 0.1) is 12.3 Å². The molecule has 2 aliphatic heterocycles. The van der Waals surface area contributed by atoms with Crippen molar-refractivity contribution in [2.45, 2.75) is 69.6 Å². The number of hydrogen-bond donors (Lipinski definition) is 1. The number of carbonyl (C=O) groups is 1. The number of carbonyl (C=O) groups excluding carboxylic acids is 1. The smallest absolute Gasteiger partial charge is 0.246 e. The molecule has 4 aliphatic rings. The number of likely N-dealkylation sites (tertiary alicyclic amines) is 1. The molecule has 2 fully saturated rings. The van der Waals surface area contributed by atoms with Gasteiger partial charge in [0, 0.05) is 36.7 Å². The molecule has 5 nitrogen and oxygen atoms in total. The minimum Gasteiger partial charge on any atom is -0.504 e. The summed E-state index contributed by atoms with van der Waals surface area (Å²) >= 11 is 0. The zero-order valence-corrected chi connectivity index (χ0v) is 24.3. The molecule has 5 atom stereocenters. The van der Waals surface area contributed by atoms with Gasteiger partial charge in [0.15, 0.2) is 11.5 Å². The van der Waals surface area contributed by atoms with Gasteiger partial charge in [-0.25, -0.2) is 0 Å². The average molecular weight is 549 g/mol. The Hall–Kier alpha value is -3.57. The Balaban J connectivity index is 1.21. The van der Waals surface area contributed by atoms with Crippen LogP contribution in [0.4, 0.5) is 0 Å². The highest BCUT2D eigenvalue weighted by Crippen LogP contribution is 2.69. The van der Waals surface area contributed by atoms with E-state index in [0.717, 1.165) is 50.8 Å². The summed E-state index contributed by atoms with van der Waals surface area (Å²) < 4.78 is 6.82. The van der Waals surface area contributed by atoms with Crippen molar-refractivity contribution in [1.82, 2.24) is 9.80 Å². The van der Waals surface area contributed by atoms with Crippen molar-refractivity contribution in [3.63, 3.8) is 0 Å². The molecule has 2 heterocycles. The van der Waals surface area contributed by atoms with E-state index in [4.69, 9.17) is 4.74 Å². The number of likely N-dealkylation sites (N-methyl/N-ethyl adjacent to an activating group) is 1. The Morgan fingerprint density at radius 2 is 1.95 bits per heavy atom. The second-order valence-corrected chi connectivity index (χ2v) is 12.9. The fraction of sp³-hybridized carbons (Fsp3) is 0.417. The first-order chi connectivity index (χ1) is 19.8. The second kappa shape index (κ2) is 9.77. The number of piperidine rings is 1. The molecule has 2 aliphatic carbocycles. The lowest BCUT2D eigenvalue weighted by atomic mass is 9.43. The lowest BCUT2D eigenvalue weighted by Crippen LogP contribution is -2.73. The van der Waals surface area contributed by atoms with Crippen molar-refractivity contribution >= 4 is 12.0 Å². The highest BCUT2D eigenvalue weighted by atomic mass is 16.5. The summed E-state index contributed by atoms with van der Waals surface area (Å²) in [5.74, 6) is 0.887. The van der Waals surface area contributed by atoms with E-state index in [2.05, 4.69) is 67.3 Å².